The van der Waals surface area contributed by atoms with E-state index in [1.165, 1.54) is 4.68 Å². The second-order valence-corrected chi connectivity index (χ2v) is 5.64. The zero-order chi connectivity index (χ0) is 15.0. The minimum atomic E-state index is -0.653. The summed E-state index contributed by atoms with van der Waals surface area (Å²) in [6.45, 7) is 0. The molecule has 0 N–H and O–H groups in total. The second-order valence-electron chi connectivity index (χ2n) is 5.64. The zero-order valence-corrected chi connectivity index (χ0v) is 11.9. The fraction of sp³-hybridized carbons (Fsp3) is 0.400. The van der Waals surface area contributed by atoms with Gasteiger partial charge in [-0.05, 0) is 30.1 Å². The molecule has 7 nitrogen and oxygen atoms in total. The van der Waals surface area contributed by atoms with E-state index < -0.39 is 5.41 Å². The Bertz CT molecular complexity index is 852. The van der Waals surface area contributed by atoms with E-state index in [1.54, 1.807) is 0 Å². The van der Waals surface area contributed by atoms with Crippen molar-refractivity contribution in [3.8, 4) is 12.0 Å². The summed E-state index contributed by atoms with van der Waals surface area (Å²) in [6, 6.07) is 9.96. The zero-order valence-electron chi connectivity index (χ0n) is 11.9. The average Bonchev–Trinajstić information content (AvgIpc) is 3.22. The summed E-state index contributed by atoms with van der Waals surface area (Å²) in [4.78, 5) is 4.43. The normalized spacial score (nSPS) is 17.4. The number of aromatic nitrogens is 5. The third-order valence-electron chi connectivity index (χ3n) is 4.29. The van der Waals surface area contributed by atoms with E-state index in [0.717, 1.165) is 43.1 Å². The number of nitrogens with zero attached hydrogens (tertiary/aromatic N) is 6. The number of hydrogen-bond donors (Lipinski definition) is 0. The van der Waals surface area contributed by atoms with Crippen molar-refractivity contribution in [3.63, 3.8) is 0 Å². The Hall–Kier alpha value is -2.75. The predicted octanol–water partition coefficient (Wildman–Crippen LogP) is 2.53. The molecule has 2 heterocycles. The molecule has 1 saturated carbocycles. The highest BCUT2D eigenvalue weighted by atomic mass is 16.5. The number of hydrogen-bond acceptors (Lipinski definition) is 6. The van der Waals surface area contributed by atoms with Crippen molar-refractivity contribution >= 4 is 11.0 Å². The molecule has 0 unspecified atom stereocenters. The topological polar surface area (TPSA) is 93.4 Å². The van der Waals surface area contributed by atoms with E-state index >= 15 is 0 Å². The summed E-state index contributed by atoms with van der Waals surface area (Å²) < 4.78 is 6.94. The fourth-order valence-electron chi connectivity index (χ4n) is 3.04. The molecule has 1 fully saturated rings. The van der Waals surface area contributed by atoms with Crippen LogP contribution in [0.15, 0.2) is 28.8 Å². The maximum atomic E-state index is 9.59. The Morgan fingerprint density at radius 1 is 1.18 bits per heavy atom. The van der Waals surface area contributed by atoms with Crippen LogP contribution in [0, 0.1) is 11.3 Å². The monoisotopic (exact) mass is 294 g/mol. The molecule has 0 spiro atoms. The van der Waals surface area contributed by atoms with Crippen molar-refractivity contribution in [2.45, 2.75) is 37.5 Å². The van der Waals surface area contributed by atoms with Gasteiger partial charge in [-0.2, -0.15) is 14.9 Å². The van der Waals surface area contributed by atoms with Crippen LogP contribution in [0.25, 0.3) is 17.0 Å². The first-order chi connectivity index (χ1) is 10.8. The third kappa shape index (κ3) is 1.88. The molecule has 4 rings (SSSR count). The highest BCUT2D eigenvalue weighted by molar-refractivity contribution is 5.75. The molecule has 110 valence electrons. The lowest BCUT2D eigenvalue weighted by molar-refractivity contribution is 0.264. The van der Waals surface area contributed by atoms with Crippen molar-refractivity contribution < 1.29 is 4.52 Å². The Morgan fingerprint density at radius 2 is 2.00 bits per heavy atom. The summed E-state index contributed by atoms with van der Waals surface area (Å²) in [5.74, 6) is 0.716. The molecule has 0 atom stereocenters. The van der Waals surface area contributed by atoms with E-state index in [0.29, 0.717) is 11.8 Å². The first kappa shape index (κ1) is 13.0. The van der Waals surface area contributed by atoms with Gasteiger partial charge < -0.3 is 4.52 Å². The van der Waals surface area contributed by atoms with Gasteiger partial charge in [0.25, 0.3) is 5.95 Å². The first-order valence-electron chi connectivity index (χ1n) is 7.39. The molecule has 22 heavy (non-hydrogen) atoms. The van der Waals surface area contributed by atoms with Gasteiger partial charge in [0.05, 0.1) is 11.6 Å². The van der Waals surface area contributed by atoms with Gasteiger partial charge in [0.15, 0.2) is 0 Å². The van der Waals surface area contributed by atoms with Crippen LogP contribution in [0.2, 0.25) is 0 Å². The summed E-state index contributed by atoms with van der Waals surface area (Å²) in [7, 11) is 0. The Morgan fingerprint density at radius 3 is 2.82 bits per heavy atom. The van der Waals surface area contributed by atoms with Crippen molar-refractivity contribution in [2.75, 3.05) is 0 Å². The lowest BCUT2D eigenvalue weighted by Crippen LogP contribution is -2.27. The van der Waals surface area contributed by atoms with Crippen LogP contribution in [0.5, 0.6) is 0 Å². The lowest BCUT2D eigenvalue weighted by atomic mass is 9.75. The average molecular weight is 294 g/mol. The first-order valence-corrected chi connectivity index (χ1v) is 7.39. The summed E-state index contributed by atoms with van der Waals surface area (Å²) in [5, 5.41) is 21.7. The van der Waals surface area contributed by atoms with E-state index in [2.05, 4.69) is 26.5 Å². The largest absolute Gasteiger partial charge is 0.336 e. The molecule has 1 aliphatic rings. The fourth-order valence-corrected chi connectivity index (χ4v) is 3.04. The van der Waals surface area contributed by atoms with Crippen molar-refractivity contribution in [1.82, 2.24) is 25.1 Å². The number of rotatable bonds is 2. The van der Waals surface area contributed by atoms with E-state index in [9.17, 15) is 5.26 Å². The SMILES string of the molecule is N#CC1(c2nc(-n3nnc4ccccc43)no2)CCCCC1. The van der Waals surface area contributed by atoms with Crippen LogP contribution in [-0.2, 0) is 5.41 Å². The van der Waals surface area contributed by atoms with E-state index in [1.807, 2.05) is 24.3 Å². The molecule has 1 aromatic carbocycles. The highest BCUT2D eigenvalue weighted by Gasteiger charge is 2.40. The molecule has 0 radical (unpaired) electrons. The quantitative estimate of drug-likeness (QED) is 0.721. The second kappa shape index (κ2) is 4.91. The molecule has 1 aliphatic carbocycles. The maximum Gasteiger partial charge on any atom is 0.292 e. The standard InChI is InChI=1S/C15H14N6O/c16-10-15(8-4-1-5-9-15)13-17-14(19-22-13)21-12-7-3-2-6-11(12)18-20-21/h2-3,6-7H,1,4-5,8-9H2. The molecular weight excluding hydrogens is 280 g/mol. The van der Waals surface area contributed by atoms with Gasteiger partial charge in [0.2, 0.25) is 5.89 Å². The molecule has 0 aliphatic heterocycles. The smallest absolute Gasteiger partial charge is 0.292 e. The van der Waals surface area contributed by atoms with E-state index in [-0.39, 0.29) is 0 Å². The number of para-hydroxylation sites is 1. The van der Waals surface area contributed by atoms with Crippen LogP contribution < -0.4 is 0 Å². The Kier molecular flexibility index (Phi) is 2.89. The van der Waals surface area contributed by atoms with Crippen LogP contribution in [-0.4, -0.2) is 25.1 Å². The van der Waals surface area contributed by atoms with Gasteiger partial charge in [-0.3, -0.25) is 0 Å². The molecule has 3 aromatic rings. The van der Waals surface area contributed by atoms with Crippen molar-refractivity contribution in [1.29, 1.82) is 5.26 Å². The van der Waals surface area contributed by atoms with Crippen molar-refractivity contribution in [3.05, 3.63) is 30.2 Å². The number of nitriles is 1. The van der Waals surface area contributed by atoms with Gasteiger partial charge >= 0.3 is 0 Å². The van der Waals surface area contributed by atoms with Crippen LogP contribution in [0.4, 0.5) is 0 Å². The Labute approximate surface area is 126 Å². The number of benzene rings is 1. The minimum absolute atomic E-state index is 0.323. The Balaban J connectivity index is 1.77. The van der Waals surface area contributed by atoms with Crippen LogP contribution in [0.1, 0.15) is 38.0 Å². The highest BCUT2D eigenvalue weighted by Crippen LogP contribution is 2.38. The maximum absolute atomic E-state index is 9.59. The van der Waals surface area contributed by atoms with E-state index in [4.69, 9.17) is 4.52 Å². The summed E-state index contributed by atoms with van der Waals surface area (Å²) in [5.41, 5.74) is 0.922. The lowest BCUT2D eigenvalue weighted by Gasteiger charge is -2.26. The number of fused-ring (bicyclic) bond motifs is 1. The van der Waals surface area contributed by atoms with Crippen LogP contribution in [0.3, 0.4) is 0 Å². The molecule has 2 aromatic heterocycles. The van der Waals surface area contributed by atoms with Crippen molar-refractivity contribution in [2.24, 2.45) is 0 Å². The van der Waals surface area contributed by atoms with Gasteiger partial charge in [-0.15, -0.1) is 5.10 Å². The minimum Gasteiger partial charge on any atom is -0.336 e. The summed E-state index contributed by atoms with van der Waals surface area (Å²) >= 11 is 0. The van der Waals surface area contributed by atoms with Gasteiger partial charge in [0.1, 0.15) is 10.9 Å². The molecule has 0 bridgehead atoms. The van der Waals surface area contributed by atoms with Gasteiger partial charge in [-0.1, -0.05) is 36.6 Å². The third-order valence-corrected chi connectivity index (χ3v) is 4.29. The summed E-state index contributed by atoms with van der Waals surface area (Å²) in [6.07, 6.45) is 4.71. The molecule has 0 amide bonds. The molecular formula is C15H14N6O. The predicted molar refractivity (Wildman–Crippen MR) is 77.1 cm³/mol. The van der Waals surface area contributed by atoms with Gasteiger partial charge in [0, 0.05) is 0 Å². The molecule has 7 heteroatoms. The van der Waals surface area contributed by atoms with Gasteiger partial charge in [-0.25, -0.2) is 0 Å². The van der Waals surface area contributed by atoms with Crippen LogP contribution >= 0.6 is 0 Å². The molecule has 0 saturated heterocycles.